The summed E-state index contributed by atoms with van der Waals surface area (Å²) in [6.45, 7) is 1.93. The van der Waals surface area contributed by atoms with E-state index >= 15 is 0 Å². The van der Waals surface area contributed by atoms with E-state index in [0.717, 1.165) is 11.8 Å². The Labute approximate surface area is 112 Å². The molecule has 0 aliphatic carbocycles. The number of aryl methyl sites for hydroxylation is 1. The SMILES string of the molecule is Cc1ccc(Oc2cccc(S(C)(=O)=O)c2)c(N)c1. The van der Waals surface area contributed by atoms with Gasteiger partial charge in [-0.25, -0.2) is 8.42 Å². The Bertz CT molecular complexity index is 708. The largest absolute Gasteiger partial charge is 0.455 e. The van der Waals surface area contributed by atoms with Crippen LogP contribution in [0.25, 0.3) is 0 Å². The van der Waals surface area contributed by atoms with Gasteiger partial charge < -0.3 is 10.5 Å². The molecule has 100 valence electrons. The number of nitrogen functional groups attached to an aromatic ring is 1. The molecule has 5 heteroatoms. The number of hydrogen-bond donors (Lipinski definition) is 1. The Balaban J connectivity index is 2.34. The van der Waals surface area contributed by atoms with E-state index in [1.165, 1.54) is 12.1 Å². The molecule has 0 bridgehead atoms. The van der Waals surface area contributed by atoms with Crippen LogP contribution in [0.2, 0.25) is 0 Å². The maximum Gasteiger partial charge on any atom is 0.175 e. The lowest BCUT2D eigenvalue weighted by atomic mass is 10.2. The minimum Gasteiger partial charge on any atom is -0.455 e. The standard InChI is InChI=1S/C14H15NO3S/c1-10-6-7-14(13(15)8-10)18-11-4-3-5-12(9-11)19(2,16)17/h3-9H,15H2,1-2H3. The molecule has 0 spiro atoms. The van der Waals surface area contributed by atoms with Crippen molar-refractivity contribution in [2.75, 3.05) is 12.0 Å². The van der Waals surface area contributed by atoms with Crippen LogP contribution in [0.15, 0.2) is 47.4 Å². The zero-order valence-electron chi connectivity index (χ0n) is 10.8. The Kier molecular flexibility index (Phi) is 3.48. The minimum atomic E-state index is -3.25. The molecule has 19 heavy (non-hydrogen) atoms. The summed E-state index contributed by atoms with van der Waals surface area (Å²) in [6.07, 6.45) is 1.16. The highest BCUT2D eigenvalue weighted by molar-refractivity contribution is 7.90. The normalized spacial score (nSPS) is 11.3. The molecule has 2 aromatic carbocycles. The van der Waals surface area contributed by atoms with Crippen molar-refractivity contribution in [1.29, 1.82) is 0 Å². The fourth-order valence-corrected chi connectivity index (χ4v) is 2.31. The minimum absolute atomic E-state index is 0.218. The van der Waals surface area contributed by atoms with E-state index in [9.17, 15) is 8.42 Å². The second kappa shape index (κ2) is 4.93. The monoisotopic (exact) mass is 277 g/mol. The summed E-state index contributed by atoms with van der Waals surface area (Å²) >= 11 is 0. The average Bonchev–Trinajstić information content (AvgIpc) is 2.32. The van der Waals surface area contributed by atoms with Gasteiger partial charge >= 0.3 is 0 Å². The summed E-state index contributed by atoms with van der Waals surface area (Å²) < 4.78 is 28.5. The summed E-state index contributed by atoms with van der Waals surface area (Å²) in [7, 11) is -3.25. The van der Waals surface area contributed by atoms with Crippen LogP contribution in [0, 0.1) is 6.92 Å². The van der Waals surface area contributed by atoms with Gasteiger partial charge in [-0.3, -0.25) is 0 Å². The molecule has 0 heterocycles. The first-order valence-electron chi connectivity index (χ1n) is 5.70. The molecule has 2 rings (SSSR count). The predicted octanol–water partition coefficient (Wildman–Crippen LogP) is 2.77. The van der Waals surface area contributed by atoms with Gasteiger partial charge in [0, 0.05) is 6.26 Å². The van der Waals surface area contributed by atoms with E-state index < -0.39 is 9.84 Å². The van der Waals surface area contributed by atoms with Crippen LogP contribution in [0.1, 0.15) is 5.56 Å². The number of nitrogens with two attached hydrogens (primary N) is 1. The molecule has 2 N–H and O–H groups in total. The smallest absolute Gasteiger partial charge is 0.175 e. The van der Waals surface area contributed by atoms with Crippen molar-refractivity contribution in [2.24, 2.45) is 0 Å². The van der Waals surface area contributed by atoms with Gasteiger partial charge in [0.1, 0.15) is 11.5 Å². The third-order valence-electron chi connectivity index (χ3n) is 2.63. The molecule has 0 aromatic heterocycles. The van der Waals surface area contributed by atoms with Crippen LogP contribution in [0.3, 0.4) is 0 Å². The van der Waals surface area contributed by atoms with E-state index in [0.29, 0.717) is 17.2 Å². The van der Waals surface area contributed by atoms with Gasteiger partial charge in [-0.05, 0) is 42.8 Å². The number of hydrogen-bond acceptors (Lipinski definition) is 4. The van der Waals surface area contributed by atoms with Gasteiger partial charge in [-0.15, -0.1) is 0 Å². The van der Waals surface area contributed by atoms with Crippen molar-refractivity contribution in [3.05, 3.63) is 48.0 Å². The zero-order valence-corrected chi connectivity index (χ0v) is 11.6. The molecule has 0 aliphatic heterocycles. The van der Waals surface area contributed by atoms with E-state index in [2.05, 4.69) is 0 Å². The molecular formula is C14H15NO3S. The van der Waals surface area contributed by atoms with Crippen molar-refractivity contribution in [3.63, 3.8) is 0 Å². The Morgan fingerprint density at radius 3 is 2.47 bits per heavy atom. The van der Waals surface area contributed by atoms with Gasteiger partial charge in [0.25, 0.3) is 0 Å². The molecule has 0 radical (unpaired) electrons. The van der Waals surface area contributed by atoms with E-state index in [1.54, 1.807) is 24.3 Å². The number of benzene rings is 2. The van der Waals surface area contributed by atoms with Crippen molar-refractivity contribution in [2.45, 2.75) is 11.8 Å². The first-order chi connectivity index (χ1) is 8.86. The molecule has 0 amide bonds. The van der Waals surface area contributed by atoms with Crippen LogP contribution in [0.5, 0.6) is 11.5 Å². The summed E-state index contributed by atoms with van der Waals surface area (Å²) in [5.41, 5.74) is 7.40. The molecule has 0 saturated heterocycles. The van der Waals surface area contributed by atoms with Crippen LogP contribution < -0.4 is 10.5 Å². The Hall–Kier alpha value is -2.01. The third kappa shape index (κ3) is 3.26. The Morgan fingerprint density at radius 2 is 1.84 bits per heavy atom. The topological polar surface area (TPSA) is 69.4 Å². The van der Waals surface area contributed by atoms with E-state index in [-0.39, 0.29) is 4.90 Å². The van der Waals surface area contributed by atoms with Crippen molar-refractivity contribution in [1.82, 2.24) is 0 Å². The second-order valence-electron chi connectivity index (χ2n) is 4.39. The number of rotatable bonds is 3. The second-order valence-corrected chi connectivity index (χ2v) is 6.41. The fourth-order valence-electron chi connectivity index (χ4n) is 1.66. The quantitative estimate of drug-likeness (QED) is 0.876. The molecule has 0 saturated carbocycles. The third-order valence-corrected chi connectivity index (χ3v) is 3.74. The lowest BCUT2D eigenvalue weighted by Gasteiger charge is -2.09. The van der Waals surface area contributed by atoms with Gasteiger partial charge in [0.2, 0.25) is 0 Å². The predicted molar refractivity (Wildman–Crippen MR) is 75.2 cm³/mol. The van der Waals surface area contributed by atoms with Crippen molar-refractivity contribution >= 4 is 15.5 Å². The number of sulfone groups is 1. The molecule has 0 fully saturated rings. The van der Waals surface area contributed by atoms with Gasteiger partial charge in [0.05, 0.1) is 10.6 Å². The van der Waals surface area contributed by atoms with Crippen LogP contribution in [0.4, 0.5) is 5.69 Å². The first kappa shape index (κ1) is 13.4. The highest BCUT2D eigenvalue weighted by Gasteiger charge is 2.09. The summed E-state index contributed by atoms with van der Waals surface area (Å²) in [5, 5.41) is 0. The molecule has 4 nitrogen and oxygen atoms in total. The van der Waals surface area contributed by atoms with E-state index in [4.69, 9.17) is 10.5 Å². The lowest BCUT2D eigenvalue weighted by molar-refractivity contribution is 0.483. The molecular weight excluding hydrogens is 262 g/mol. The van der Waals surface area contributed by atoms with Crippen molar-refractivity contribution in [3.8, 4) is 11.5 Å². The van der Waals surface area contributed by atoms with Gasteiger partial charge in [-0.2, -0.15) is 0 Å². The number of ether oxygens (including phenoxy) is 1. The maximum atomic E-state index is 11.5. The molecule has 2 aromatic rings. The van der Waals surface area contributed by atoms with Crippen LogP contribution >= 0.6 is 0 Å². The molecule has 0 unspecified atom stereocenters. The van der Waals surface area contributed by atoms with Crippen LogP contribution in [-0.2, 0) is 9.84 Å². The highest BCUT2D eigenvalue weighted by atomic mass is 32.2. The number of anilines is 1. The zero-order chi connectivity index (χ0) is 14.0. The van der Waals surface area contributed by atoms with Gasteiger partial charge in [-0.1, -0.05) is 12.1 Å². The molecule has 0 atom stereocenters. The highest BCUT2D eigenvalue weighted by Crippen LogP contribution is 2.29. The summed E-state index contributed by atoms with van der Waals surface area (Å²) in [6, 6.07) is 11.8. The summed E-state index contributed by atoms with van der Waals surface area (Å²) in [5.74, 6) is 0.953. The molecule has 0 aliphatic rings. The van der Waals surface area contributed by atoms with Crippen molar-refractivity contribution < 1.29 is 13.2 Å². The summed E-state index contributed by atoms with van der Waals surface area (Å²) in [4.78, 5) is 0.218. The average molecular weight is 277 g/mol. The van der Waals surface area contributed by atoms with Crippen LogP contribution in [-0.4, -0.2) is 14.7 Å². The van der Waals surface area contributed by atoms with E-state index in [1.807, 2.05) is 13.0 Å². The lowest BCUT2D eigenvalue weighted by Crippen LogP contribution is -1.98. The first-order valence-corrected chi connectivity index (χ1v) is 7.59. The fraction of sp³-hybridized carbons (Fsp3) is 0.143. The maximum absolute atomic E-state index is 11.5. The van der Waals surface area contributed by atoms with Gasteiger partial charge in [0.15, 0.2) is 9.84 Å². The Morgan fingerprint density at radius 1 is 1.11 bits per heavy atom.